The number of hydrogen-bond acceptors (Lipinski definition) is 4. The highest BCUT2D eigenvalue weighted by Crippen LogP contribution is 2.17. The minimum absolute atomic E-state index is 0.224. The van der Waals surface area contributed by atoms with E-state index in [4.69, 9.17) is 0 Å². The van der Waals surface area contributed by atoms with Gasteiger partial charge in [0.2, 0.25) is 0 Å². The molecule has 6 heteroatoms. The van der Waals surface area contributed by atoms with Gasteiger partial charge in [0.25, 0.3) is 11.5 Å². The Morgan fingerprint density at radius 2 is 2.15 bits per heavy atom. The lowest BCUT2D eigenvalue weighted by molar-refractivity contribution is 0.102. The van der Waals surface area contributed by atoms with Crippen LogP contribution in [0, 0.1) is 6.92 Å². The average Bonchev–Trinajstić information content (AvgIpc) is 2.84. The molecule has 0 bridgehead atoms. The predicted octanol–water partition coefficient (Wildman–Crippen LogP) is 2.55. The van der Waals surface area contributed by atoms with Gasteiger partial charge in [-0.25, -0.2) is 4.98 Å². The molecule has 0 aliphatic rings. The first-order valence-electron chi connectivity index (χ1n) is 5.99. The van der Waals surface area contributed by atoms with Crippen LogP contribution in [0.4, 0.5) is 5.13 Å². The summed E-state index contributed by atoms with van der Waals surface area (Å²) in [5, 5.41) is 4.48. The average molecular weight is 285 g/mol. The number of thiazole rings is 1. The van der Waals surface area contributed by atoms with Crippen LogP contribution in [0.3, 0.4) is 0 Å². The maximum Gasteiger partial charge on any atom is 0.273 e. The molecule has 0 fully saturated rings. The number of nitrogens with zero attached hydrogens (tertiary/aromatic N) is 1. The molecule has 1 aromatic carbocycles. The second-order valence-corrected chi connectivity index (χ2v) is 5.56. The molecule has 0 aliphatic carbocycles. The number of H-pyrrole nitrogens is 1. The number of anilines is 1. The summed E-state index contributed by atoms with van der Waals surface area (Å²) in [6.45, 7) is 1.91. The van der Waals surface area contributed by atoms with Crippen LogP contribution < -0.4 is 10.9 Å². The summed E-state index contributed by atoms with van der Waals surface area (Å²) < 4.78 is 0. The number of carbonyl (C=O) groups excluding carboxylic acids is 1. The fourth-order valence-electron chi connectivity index (χ4n) is 1.91. The van der Waals surface area contributed by atoms with Gasteiger partial charge in [0, 0.05) is 16.5 Å². The van der Waals surface area contributed by atoms with Gasteiger partial charge in [-0.05, 0) is 24.4 Å². The smallest absolute Gasteiger partial charge is 0.273 e. The monoisotopic (exact) mass is 285 g/mol. The van der Waals surface area contributed by atoms with Crippen molar-refractivity contribution >= 4 is 33.1 Å². The molecule has 1 amide bonds. The Morgan fingerprint density at radius 3 is 2.90 bits per heavy atom. The first-order valence-corrected chi connectivity index (χ1v) is 6.81. The molecule has 3 rings (SSSR count). The second kappa shape index (κ2) is 4.90. The Labute approximate surface area is 118 Å². The van der Waals surface area contributed by atoms with Crippen molar-refractivity contribution < 1.29 is 4.79 Å². The molecule has 0 atom stereocenters. The van der Waals surface area contributed by atoms with E-state index in [9.17, 15) is 9.59 Å². The van der Waals surface area contributed by atoms with Crippen molar-refractivity contribution in [3.63, 3.8) is 0 Å². The third-order valence-electron chi connectivity index (χ3n) is 2.84. The van der Waals surface area contributed by atoms with Crippen molar-refractivity contribution in [2.24, 2.45) is 0 Å². The molecule has 2 aromatic heterocycles. The summed E-state index contributed by atoms with van der Waals surface area (Å²) in [4.78, 5) is 31.7. The number of amides is 1. The van der Waals surface area contributed by atoms with Crippen molar-refractivity contribution in [3.8, 4) is 0 Å². The highest BCUT2D eigenvalue weighted by molar-refractivity contribution is 7.15. The van der Waals surface area contributed by atoms with Crippen LogP contribution in [0.2, 0.25) is 0 Å². The lowest BCUT2D eigenvalue weighted by atomic mass is 10.1. The Balaban J connectivity index is 1.97. The summed E-state index contributed by atoms with van der Waals surface area (Å²) in [6.07, 6.45) is 1.68. The molecule has 20 heavy (non-hydrogen) atoms. The summed E-state index contributed by atoms with van der Waals surface area (Å²) in [7, 11) is 0. The van der Waals surface area contributed by atoms with E-state index in [2.05, 4.69) is 15.3 Å². The van der Waals surface area contributed by atoms with E-state index in [1.165, 1.54) is 11.3 Å². The van der Waals surface area contributed by atoms with E-state index in [-0.39, 0.29) is 17.2 Å². The highest BCUT2D eigenvalue weighted by atomic mass is 32.1. The first kappa shape index (κ1) is 12.6. The zero-order valence-electron chi connectivity index (χ0n) is 10.6. The number of aryl methyl sites for hydroxylation is 1. The molecule has 0 radical (unpaired) electrons. The van der Waals surface area contributed by atoms with E-state index < -0.39 is 0 Å². The highest BCUT2D eigenvalue weighted by Gasteiger charge is 2.11. The molecule has 0 aliphatic heterocycles. The van der Waals surface area contributed by atoms with E-state index in [0.29, 0.717) is 10.5 Å². The fourth-order valence-corrected chi connectivity index (χ4v) is 2.57. The van der Waals surface area contributed by atoms with Gasteiger partial charge >= 0.3 is 0 Å². The largest absolute Gasteiger partial charge is 0.317 e. The maximum absolute atomic E-state index is 12.1. The lowest BCUT2D eigenvalue weighted by Gasteiger charge is -2.03. The molecule has 2 N–H and O–H groups in total. The summed E-state index contributed by atoms with van der Waals surface area (Å²) >= 11 is 1.38. The van der Waals surface area contributed by atoms with Gasteiger partial charge in [0.05, 0.1) is 0 Å². The van der Waals surface area contributed by atoms with Gasteiger partial charge in [-0.1, -0.05) is 18.2 Å². The van der Waals surface area contributed by atoms with Crippen LogP contribution in [0.5, 0.6) is 0 Å². The number of nitrogens with one attached hydrogen (secondary N) is 2. The SMILES string of the molecule is Cc1cnc(NC(=O)c2cc3ccccc3c(=O)[nH]2)s1. The van der Waals surface area contributed by atoms with E-state index in [0.717, 1.165) is 10.3 Å². The predicted molar refractivity (Wildman–Crippen MR) is 79.4 cm³/mol. The minimum Gasteiger partial charge on any atom is -0.317 e. The zero-order valence-corrected chi connectivity index (χ0v) is 11.5. The summed E-state index contributed by atoms with van der Waals surface area (Å²) in [5.41, 5.74) is -0.0508. The molecule has 3 aromatic rings. The van der Waals surface area contributed by atoms with Crippen LogP contribution in [0.1, 0.15) is 15.4 Å². The van der Waals surface area contributed by atoms with Gasteiger partial charge in [0.15, 0.2) is 5.13 Å². The Kier molecular flexibility index (Phi) is 3.08. The van der Waals surface area contributed by atoms with Gasteiger partial charge in [0.1, 0.15) is 5.69 Å². The molecular formula is C14H11N3O2S. The molecule has 0 unspecified atom stereocenters. The van der Waals surface area contributed by atoms with Crippen LogP contribution >= 0.6 is 11.3 Å². The van der Waals surface area contributed by atoms with Crippen molar-refractivity contribution in [2.75, 3.05) is 5.32 Å². The van der Waals surface area contributed by atoms with Crippen LogP contribution in [-0.4, -0.2) is 15.9 Å². The van der Waals surface area contributed by atoms with Crippen molar-refractivity contribution in [1.29, 1.82) is 0 Å². The standard InChI is InChI=1S/C14H11N3O2S/c1-8-7-15-14(20-8)17-13(19)11-6-9-4-2-3-5-10(9)12(18)16-11/h2-7H,1H3,(H,16,18)(H,15,17,19). The molecule has 5 nitrogen and oxygen atoms in total. The first-order chi connectivity index (χ1) is 9.63. The third kappa shape index (κ3) is 2.33. The fraction of sp³-hybridized carbons (Fsp3) is 0.0714. The van der Waals surface area contributed by atoms with Crippen LogP contribution in [0.25, 0.3) is 10.8 Å². The maximum atomic E-state index is 12.1. The molecule has 2 heterocycles. The number of fused-ring (bicyclic) bond motifs is 1. The second-order valence-electron chi connectivity index (χ2n) is 4.33. The number of benzene rings is 1. The molecule has 0 spiro atoms. The van der Waals surface area contributed by atoms with Gasteiger partial charge in [-0.15, -0.1) is 11.3 Å². The van der Waals surface area contributed by atoms with Crippen molar-refractivity contribution in [1.82, 2.24) is 9.97 Å². The third-order valence-corrected chi connectivity index (χ3v) is 3.67. The minimum atomic E-state index is -0.373. The molecule has 0 saturated carbocycles. The zero-order chi connectivity index (χ0) is 14.1. The van der Waals surface area contributed by atoms with E-state index >= 15 is 0 Å². The topological polar surface area (TPSA) is 74.8 Å². The van der Waals surface area contributed by atoms with Crippen molar-refractivity contribution in [3.05, 3.63) is 57.5 Å². The summed E-state index contributed by atoms with van der Waals surface area (Å²) in [6, 6.07) is 8.80. The van der Waals surface area contributed by atoms with Crippen LogP contribution in [0.15, 0.2) is 41.3 Å². The number of hydrogen-bond donors (Lipinski definition) is 2. The van der Waals surface area contributed by atoms with Crippen molar-refractivity contribution in [2.45, 2.75) is 6.92 Å². The summed E-state index contributed by atoms with van der Waals surface area (Å²) in [5.74, 6) is -0.373. The Morgan fingerprint density at radius 1 is 1.35 bits per heavy atom. The Hall–Kier alpha value is -2.47. The quantitative estimate of drug-likeness (QED) is 0.759. The number of aromatic nitrogens is 2. The number of pyridine rings is 1. The van der Waals surface area contributed by atoms with E-state index in [1.807, 2.05) is 13.0 Å². The van der Waals surface area contributed by atoms with Gasteiger partial charge in [-0.3, -0.25) is 14.9 Å². The van der Waals surface area contributed by atoms with Gasteiger partial charge < -0.3 is 4.98 Å². The Bertz CT molecular complexity index is 851. The number of rotatable bonds is 2. The number of carbonyl (C=O) groups is 1. The van der Waals surface area contributed by atoms with Crippen LogP contribution in [-0.2, 0) is 0 Å². The molecular weight excluding hydrogens is 274 g/mol. The van der Waals surface area contributed by atoms with E-state index in [1.54, 1.807) is 30.5 Å². The number of aromatic amines is 1. The normalized spacial score (nSPS) is 10.7. The molecule has 0 saturated heterocycles. The molecule has 100 valence electrons. The van der Waals surface area contributed by atoms with Gasteiger partial charge in [-0.2, -0.15) is 0 Å². The lowest BCUT2D eigenvalue weighted by Crippen LogP contribution is -2.18.